The van der Waals surface area contributed by atoms with Crippen molar-refractivity contribution < 1.29 is 9.47 Å². The highest BCUT2D eigenvalue weighted by molar-refractivity contribution is 4.86. The van der Waals surface area contributed by atoms with E-state index in [0.29, 0.717) is 24.2 Å². The molecular weight excluding hydrogens is 216 g/mol. The molecule has 2 aliphatic heterocycles. The van der Waals surface area contributed by atoms with E-state index in [0.717, 1.165) is 32.8 Å². The van der Waals surface area contributed by atoms with Crippen LogP contribution in [0.15, 0.2) is 0 Å². The summed E-state index contributed by atoms with van der Waals surface area (Å²) in [5.41, 5.74) is 5.99. The maximum Gasteiger partial charge on any atom is 0.0678 e. The number of ether oxygens (including phenoxy) is 2. The standard InChI is InChI=1S/C13H26N2O2/c1-10-7-15(8-11(2)17-10)13(6-14)12-4-3-5-16-9-12/h10-13H,3-9,14H2,1-2H3. The third kappa shape index (κ3) is 3.41. The fraction of sp³-hybridized carbons (Fsp3) is 1.00. The Bertz CT molecular complexity index is 221. The first-order chi connectivity index (χ1) is 8.20. The van der Waals surface area contributed by atoms with Crippen LogP contribution >= 0.6 is 0 Å². The second kappa shape index (κ2) is 6.14. The number of rotatable bonds is 3. The average Bonchev–Trinajstić information content (AvgIpc) is 2.30. The summed E-state index contributed by atoms with van der Waals surface area (Å²) in [6.07, 6.45) is 3.06. The lowest BCUT2D eigenvalue weighted by Gasteiger charge is -2.43. The molecule has 2 N–H and O–H groups in total. The van der Waals surface area contributed by atoms with Crippen LogP contribution in [0.1, 0.15) is 26.7 Å². The molecule has 4 unspecified atom stereocenters. The molecule has 0 radical (unpaired) electrons. The Morgan fingerprint density at radius 1 is 1.29 bits per heavy atom. The fourth-order valence-corrected chi connectivity index (χ4v) is 3.20. The van der Waals surface area contributed by atoms with E-state index in [4.69, 9.17) is 15.2 Å². The van der Waals surface area contributed by atoms with Crippen molar-refractivity contribution in [1.29, 1.82) is 0 Å². The molecule has 2 rings (SSSR count). The Kier molecular flexibility index (Phi) is 4.79. The van der Waals surface area contributed by atoms with E-state index in [1.165, 1.54) is 12.8 Å². The second-order valence-electron chi connectivity index (χ2n) is 5.49. The lowest BCUT2D eigenvalue weighted by molar-refractivity contribution is -0.0946. The zero-order valence-corrected chi connectivity index (χ0v) is 11.1. The molecule has 4 nitrogen and oxygen atoms in total. The number of nitrogens with zero attached hydrogens (tertiary/aromatic N) is 1. The minimum atomic E-state index is 0.317. The Morgan fingerprint density at radius 3 is 2.53 bits per heavy atom. The summed E-state index contributed by atoms with van der Waals surface area (Å²) >= 11 is 0. The SMILES string of the molecule is CC1CN(C(CN)C2CCCOC2)CC(C)O1. The van der Waals surface area contributed by atoms with Gasteiger partial charge in [-0.1, -0.05) is 0 Å². The Morgan fingerprint density at radius 2 is 2.00 bits per heavy atom. The molecule has 2 fully saturated rings. The van der Waals surface area contributed by atoms with Gasteiger partial charge in [-0.15, -0.1) is 0 Å². The van der Waals surface area contributed by atoms with Gasteiger partial charge in [-0.2, -0.15) is 0 Å². The van der Waals surface area contributed by atoms with Gasteiger partial charge in [0.2, 0.25) is 0 Å². The highest BCUT2D eigenvalue weighted by Gasteiger charge is 2.32. The Hall–Kier alpha value is -0.160. The predicted molar refractivity (Wildman–Crippen MR) is 68.0 cm³/mol. The third-order valence-corrected chi connectivity index (χ3v) is 3.90. The summed E-state index contributed by atoms with van der Waals surface area (Å²) in [5, 5.41) is 0. The van der Waals surface area contributed by atoms with Gasteiger partial charge in [0, 0.05) is 32.3 Å². The molecule has 2 saturated heterocycles. The molecule has 0 amide bonds. The molecule has 0 aliphatic carbocycles. The molecule has 2 aliphatic rings. The van der Waals surface area contributed by atoms with Crippen LogP contribution in [0.2, 0.25) is 0 Å². The third-order valence-electron chi connectivity index (χ3n) is 3.90. The first-order valence-electron chi connectivity index (χ1n) is 6.88. The average molecular weight is 242 g/mol. The zero-order chi connectivity index (χ0) is 12.3. The number of nitrogens with two attached hydrogens (primary N) is 1. The fourth-order valence-electron chi connectivity index (χ4n) is 3.20. The Labute approximate surface area is 104 Å². The minimum Gasteiger partial charge on any atom is -0.381 e. The van der Waals surface area contributed by atoms with Gasteiger partial charge < -0.3 is 15.2 Å². The van der Waals surface area contributed by atoms with Crippen LogP contribution in [-0.4, -0.2) is 56.0 Å². The smallest absolute Gasteiger partial charge is 0.0678 e. The molecule has 4 atom stereocenters. The Balaban J connectivity index is 1.96. The van der Waals surface area contributed by atoms with Gasteiger partial charge in [-0.25, -0.2) is 0 Å². The van der Waals surface area contributed by atoms with Crippen molar-refractivity contribution in [3.05, 3.63) is 0 Å². The van der Waals surface area contributed by atoms with Gasteiger partial charge in [0.05, 0.1) is 18.8 Å². The van der Waals surface area contributed by atoms with Crippen molar-refractivity contribution in [2.45, 2.75) is 44.9 Å². The van der Waals surface area contributed by atoms with Crippen molar-refractivity contribution in [3.63, 3.8) is 0 Å². The van der Waals surface area contributed by atoms with Crippen LogP contribution in [0.5, 0.6) is 0 Å². The van der Waals surface area contributed by atoms with Gasteiger partial charge in [0.15, 0.2) is 0 Å². The molecule has 0 aromatic carbocycles. The normalized spacial score (nSPS) is 37.9. The highest BCUT2D eigenvalue weighted by atomic mass is 16.5. The maximum absolute atomic E-state index is 5.99. The van der Waals surface area contributed by atoms with Gasteiger partial charge in [-0.3, -0.25) is 4.90 Å². The summed E-state index contributed by atoms with van der Waals surface area (Å²) in [6, 6.07) is 0.462. The number of hydrogen-bond donors (Lipinski definition) is 1. The quantitative estimate of drug-likeness (QED) is 0.797. The molecule has 0 saturated carbocycles. The topological polar surface area (TPSA) is 47.7 Å². The highest BCUT2D eigenvalue weighted by Crippen LogP contribution is 2.24. The van der Waals surface area contributed by atoms with Crippen molar-refractivity contribution in [2.24, 2.45) is 11.7 Å². The lowest BCUT2D eigenvalue weighted by atomic mass is 9.91. The monoisotopic (exact) mass is 242 g/mol. The van der Waals surface area contributed by atoms with Crippen LogP contribution in [0.3, 0.4) is 0 Å². The largest absolute Gasteiger partial charge is 0.381 e. The molecule has 0 bridgehead atoms. The van der Waals surface area contributed by atoms with E-state index in [-0.39, 0.29) is 0 Å². The van der Waals surface area contributed by atoms with E-state index in [1.807, 2.05) is 0 Å². The number of morpholine rings is 1. The van der Waals surface area contributed by atoms with Crippen molar-refractivity contribution in [2.75, 3.05) is 32.8 Å². The molecular formula is C13H26N2O2. The molecule has 100 valence electrons. The van der Waals surface area contributed by atoms with Gasteiger partial charge in [0.25, 0.3) is 0 Å². The minimum absolute atomic E-state index is 0.317. The van der Waals surface area contributed by atoms with Crippen molar-refractivity contribution in [3.8, 4) is 0 Å². The molecule has 0 aromatic rings. The lowest BCUT2D eigenvalue weighted by Crippen LogP contribution is -2.55. The first kappa shape index (κ1) is 13.3. The molecule has 4 heteroatoms. The summed E-state index contributed by atoms with van der Waals surface area (Å²) in [6.45, 7) is 8.83. The maximum atomic E-state index is 5.99. The first-order valence-corrected chi connectivity index (χ1v) is 6.88. The van der Waals surface area contributed by atoms with Crippen LogP contribution < -0.4 is 5.73 Å². The van der Waals surface area contributed by atoms with E-state index in [9.17, 15) is 0 Å². The molecule has 0 aromatic heterocycles. The molecule has 17 heavy (non-hydrogen) atoms. The van der Waals surface area contributed by atoms with E-state index >= 15 is 0 Å². The van der Waals surface area contributed by atoms with E-state index < -0.39 is 0 Å². The summed E-state index contributed by atoms with van der Waals surface area (Å²) in [5.74, 6) is 0.603. The van der Waals surface area contributed by atoms with Crippen LogP contribution in [-0.2, 0) is 9.47 Å². The second-order valence-corrected chi connectivity index (χ2v) is 5.49. The van der Waals surface area contributed by atoms with Gasteiger partial charge in [-0.05, 0) is 32.6 Å². The summed E-state index contributed by atoms with van der Waals surface area (Å²) < 4.78 is 11.4. The summed E-state index contributed by atoms with van der Waals surface area (Å²) in [7, 11) is 0. The molecule has 0 spiro atoms. The van der Waals surface area contributed by atoms with Crippen LogP contribution in [0.25, 0.3) is 0 Å². The van der Waals surface area contributed by atoms with Crippen molar-refractivity contribution >= 4 is 0 Å². The van der Waals surface area contributed by atoms with E-state index in [2.05, 4.69) is 18.7 Å². The van der Waals surface area contributed by atoms with Gasteiger partial charge >= 0.3 is 0 Å². The summed E-state index contributed by atoms with van der Waals surface area (Å²) in [4.78, 5) is 2.51. The van der Waals surface area contributed by atoms with E-state index in [1.54, 1.807) is 0 Å². The van der Waals surface area contributed by atoms with Crippen molar-refractivity contribution in [1.82, 2.24) is 4.90 Å². The number of hydrogen-bond acceptors (Lipinski definition) is 4. The van der Waals surface area contributed by atoms with Crippen LogP contribution in [0, 0.1) is 5.92 Å². The zero-order valence-electron chi connectivity index (χ0n) is 11.1. The van der Waals surface area contributed by atoms with Crippen LogP contribution in [0.4, 0.5) is 0 Å². The predicted octanol–water partition coefficient (Wildman–Crippen LogP) is 0.850. The molecule has 2 heterocycles. The van der Waals surface area contributed by atoms with Gasteiger partial charge in [0.1, 0.15) is 0 Å².